The summed E-state index contributed by atoms with van der Waals surface area (Å²) in [6, 6.07) is -1.42. The summed E-state index contributed by atoms with van der Waals surface area (Å²) in [6.45, 7) is -0.0127. The molecule has 0 bridgehead atoms. The lowest BCUT2D eigenvalue weighted by molar-refractivity contribution is -0.294. The highest BCUT2D eigenvalue weighted by atomic mass is 31.2. The van der Waals surface area contributed by atoms with Gasteiger partial charge in [0.15, 0.2) is 0 Å². The summed E-state index contributed by atoms with van der Waals surface area (Å²) in [5.41, 5.74) is 0. The fourth-order valence-corrected chi connectivity index (χ4v) is 2.65. The number of carbonyl (C=O) groups is 2. The number of carboxylic acid groups (broad SMARTS) is 1. The van der Waals surface area contributed by atoms with Gasteiger partial charge in [0.1, 0.15) is 18.3 Å². The Morgan fingerprint density at radius 1 is 1.40 bits per heavy atom. The number of ether oxygens (including phenoxy) is 1. The quantitative estimate of drug-likeness (QED) is 0.197. The first-order valence-corrected chi connectivity index (χ1v) is 8.45. The Bertz CT molecular complexity index is 551. The van der Waals surface area contributed by atoms with Crippen molar-refractivity contribution in [1.82, 2.24) is 5.32 Å². The van der Waals surface area contributed by atoms with Crippen LogP contribution in [0.4, 0.5) is 0 Å². The van der Waals surface area contributed by atoms with Crippen molar-refractivity contribution in [3.63, 3.8) is 0 Å². The molecule has 0 radical (unpaired) electrons. The van der Waals surface area contributed by atoms with Gasteiger partial charge in [0.25, 0.3) is 5.79 Å². The van der Waals surface area contributed by atoms with Crippen LogP contribution in [0.25, 0.3) is 0 Å². The van der Waals surface area contributed by atoms with Gasteiger partial charge in [-0.05, 0) is 0 Å². The molecule has 1 aliphatic heterocycles. The molecule has 0 saturated carbocycles. The summed E-state index contributed by atoms with van der Waals surface area (Å²) in [6.07, 6.45) is -8.43. The summed E-state index contributed by atoms with van der Waals surface area (Å²) in [7, 11) is -4.97. The monoisotopic (exact) mass is 389 g/mol. The van der Waals surface area contributed by atoms with Crippen molar-refractivity contribution < 1.29 is 58.7 Å². The first kappa shape index (κ1) is 21.9. The number of rotatable bonds is 7. The molecular weight excluding hydrogens is 369 g/mol. The van der Waals surface area contributed by atoms with E-state index >= 15 is 0 Å². The van der Waals surface area contributed by atoms with E-state index < -0.39 is 69.0 Å². The van der Waals surface area contributed by atoms with Crippen LogP contribution in [0.2, 0.25) is 0 Å². The summed E-state index contributed by atoms with van der Waals surface area (Å²) < 4.78 is 19.5. The van der Waals surface area contributed by atoms with Crippen molar-refractivity contribution in [1.29, 1.82) is 0 Å². The molecule has 25 heavy (non-hydrogen) atoms. The second-order valence-corrected chi connectivity index (χ2v) is 6.75. The first-order chi connectivity index (χ1) is 11.3. The molecule has 0 spiro atoms. The molecule has 1 heterocycles. The van der Waals surface area contributed by atoms with E-state index in [-0.39, 0.29) is 0 Å². The zero-order valence-corrected chi connectivity index (χ0v) is 13.8. The number of phosphoric acid groups is 1. The number of hydrogen-bond donors (Lipinski definition) is 8. The summed E-state index contributed by atoms with van der Waals surface area (Å²) in [4.78, 5) is 39.5. The molecule has 1 rings (SSSR count). The Kier molecular flexibility index (Phi) is 7.03. The van der Waals surface area contributed by atoms with Crippen LogP contribution >= 0.6 is 7.82 Å². The number of carbonyl (C=O) groups excluding carboxylic acids is 1. The molecule has 8 N–H and O–H groups in total. The maximum absolute atomic E-state index is 11.2. The van der Waals surface area contributed by atoms with Crippen LogP contribution in [0, 0.1) is 0 Å². The zero-order valence-electron chi connectivity index (χ0n) is 12.9. The highest BCUT2D eigenvalue weighted by Gasteiger charge is 2.54. The Balaban J connectivity index is 3.02. The fraction of sp³-hybridized carbons (Fsp3) is 0.818. The van der Waals surface area contributed by atoms with Gasteiger partial charge in [-0.3, -0.25) is 9.32 Å². The van der Waals surface area contributed by atoms with Crippen molar-refractivity contribution in [2.45, 2.75) is 49.6 Å². The fourth-order valence-electron chi connectivity index (χ4n) is 2.30. The zero-order chi connectivity index (χ0) is 19.6. The molecule has 14 heteroatoms. The highest BCUT2D eigenvalue weighted by molar-refractivity contribution is 7.46. The second kappa shape index (κ2) is 8.03. The minimum Gasteiger partial charge on any atom is -0.477 e. The molecule has 1 amide bonds. The van der Waals surface area contributed by atoms with Gasteiger partial charge in [-0.25, -0.2) is 9.36 Å². The number of aliphatic carboxylic acids is 1. The predicted molar refractivity (Wildman–Crippen MR) is 75.7 cm³/mol. The number of aliphatic hydroxyl groups excluding tert-OH is 3. The molecule has 6 atom stereocenters. The van der Waals surface area contributed by atoms with Gasteiger partial charge in [0, 0.05) is 13.3 Å². The maximum Gasteiger partial charge on any atom is 0.469 e. The van der Waals surface area contributed by atoms with Crippen molar-refractivity contribution in [2.24, 2.45) is 0 Å². The van der Waals surface area contributed by atoms with Gasteiger partial charge in [0.2, 0.25) is 5.91 Å². The number of hydrogen-bond acceptors (Lipinski definition) is 9. The summed E-state index contributed by atoms with van der Waals surface area (Å²) >= 11 is 0. The number of nitrogens with one attached hydrogen (secondary N) is 1. The molecular formula is C11H20NO12P. The molecule has 0 aromatic carbocycles. The smallest absolute Gasteiger partial charge is 0.469 e. The van der Waals surface area contributed by atoms with E-state index in [1.165, 1.54) is 0 Å². The molecule has 0 unspecified atom stereocenters. The summed E-state index contributed by atoms with van der Waals surface area (Å²) in [5, 5.41) is 50.9. The SMILES string of the molecule is CC(=O)N[C@H]1[C@H]([C@H](O)[C@H](O)COP(=O)(O)O)O[C@](O)(C(=O)O)C[C@@H]1O. The van der Waals surface area contributed by atoms with Gasteiger partial charge in [-0.2, -0.15) is 0 Å². The van der Waals surface area contributed by atoms with Crippen molar-refractivity contribution in [3.05, 3.63) is 0 Å². The van der Waals surface area contributed by atoms with Crippen LogP contribution in [0.3, 0.4) is 0 Å². The minimum atomic E-state index is -4.97. The van der Waals surface area contributed by atoms with E-state index in [9.17, 15) is 34.6 Å². The van der Waals surface area contributed by atoms with E-state index in [0.717, 1.165) is 6.92 Å². The van der Waals surface area contributed by atoms with Crippen LogP contribution in [-0.2, 0) is 23.4 Å². The number of aliphatic hydroxyl groups is 4. The molecule has 146 valence electrons. The lowest BCUT2D eigenvalue weighted by Gasteiger charge is -2.44. The molecule has 0 aliphatic carbocycles. The van der Waals surface area contributed by atoms with Crippen LogP contribution in [0.15, 0.2) is 0 Å². The highest BCUT2D eigenvalue weighted by Crippen LogP contribution is 2.36. The van der Waals surface area contributed by atoms with Gasteiger partial charge in [-0.15, -0.1) is 0 Å². The number of phosphoric ester groups is 1. The lowest BCUT2D eigenvalue weighted by Crippen LogP contribution is -2.67. The van der Waals surface area contributed by atoms with Crippen LogP contribution in [0.5, 0.6) is 0 Å². The lowest BCUT2D eigenvalue weighted by atomic mass is 9.88. The van der Waals surface area contributed by atoms with Crippen molar-refractivity contribution in [2.75, 3.05) is 6.61 Å². The average Bonchev–Trinajstić information content (AvgIpc) is 2.45. The van der Waals surface area contributed by atoms with Crippen molar-refractivity contribution in [3.8, 4) is 0 Å². The minimum absolute atomic E-state index is 0.688. The third-order valence-electron chi connectivity index (χ3n) is 3.43. The van der Waals surface area contributed by atoms with Gasteiger partial charge < -0.3 is 45.4 Å². The summed E-state index contributed by atoms with van der Waals surface area (Å²) in [5.74, 6) is -5.48. The molecule has 1 aliphatic rings. The average molecular weight is 389 g/mol. The predicted octanol–water partition coefficient (Wildman–Crippen LogP) is -3.75. The molecule has 13 nitrogen and oxygen atoms in total. The topological polar surface area (TPSA) is 223 Å². The van der Waals surface area contributed by atoms with E-state index in [1.54, 1.807) is 0 Å². The third kappa shape index (κ3) is 5.95. The Hall–Kier alpha value is -1.15. The van der Waals surface area contributed by atoms with Gasteiger partial charge in [0.05, 0.1) is 18.8 Å². The van der Waals surface area contributed by atoms with E-state index in [2.05, 4.69) is 9.84 Å². The van der Waals surface area contributed by atoms with Crippen LogP contribution in [-0.4, -0.2) is 90.0 Å². The maximum atomic E-state index is 11.2. The molecule has 1 fully saturated rings. The largest absolute Gasteiger partial charge is 0.477 e. The van der Waals surface area contributed by atoms with E-state index in [1.807, 2.05) is 0 Å². The Morgan fingerprint density at radius 2 is 1.96 bits per heavy atom. The Morgan fingerprint density at radius 3 is 2.40 bits per heavy atom. The van der Waals surface area contributed by atoms with Crippen LogP contribution < -0.4 is 5.32 Å². The Labute approximate surface area is 141 Å². The molecule has 1 saturated heterocycles. The standard InChI is InChI=1S/C11H20NO12P/c1-4(13)12-7-5(14)2-11(19,10(17)18)24-9(7)8(16)6(15)3-23-25(20,21)22/h5-9,14-16,19H,2-3H2,1H3,(H,12,13)(H,17,18)(H2,20,21,22)/t5-,6+,7+,8+,9+,11-/m0/s1. The van der Waals surface area contributed by atoms with Crippen molar-refractivity contribution >= 4 is 19.7 Å². The van der Waals surface area contributed by atoms with Gasteiger partial charge >= 0.3 is 13.8 Å². The third-order valence-corrected chi connectivity index (χ3v) is 3.92. The number of carboxylic acids is 1. The normalized spacial score (nSPS) is 32.7. The van der Waals surface area contributed by atoms with Gasteiger partial charge in [-0.1, -0.05) is 0 Å². The molecule has 0 aromatic heterocycles. The molecule has 0 aromatic rings. The second-order valence-electron chi connectivity index (χ2n) is 5.51. The number of amides is 1. The first-order valence-electron chi connectivity index (χ1n) is 6.92. The van der Waals surface area contributed by atoms with E-state index in [0.29, 0.717) is 0 Å². The van der Waals surface area contributed by atoms with E-state index in [4.69, 9.17) is 19.6 Å². The van der Waals surface area contributed by atoms with Crippen LogP contribution in [0.1, 0.15) is 13.3 Å².